The molecule has 0 unspecified atom stereocenters. The standard InChI is InChI=1S/C19H24FN5O/c1-14(2)12-21-18-11-16(22-13-23-18)19(26)25-9-7-24(8-10-25)17-6-4-3-5-15(17)20/h3-6,11,13-14H,7-10,12H2,1-2H3,(H,21,22,23). The smallest absolute Gasteiger partial charge is 0.272 e. The number of rotatable bonds is 5. The summed E-state index contributed by atoms with van der Waals surface area (Å²) in [5.41, 5.74) is 0.965. The topological polar surface area (TPSA) is 61.4 Å². The van der Waals surface area contributed by atoms with E-state index >= 15 is 0 Å². The summed E-state index contributed by atoms with van der Waals surface area (Å²) in [6.07, 6.45) is 1.41. The third-order valence-electron chi connectivity index (χ3n) is 4.34. The molecule has 1 aliphatic rings. The molecule has 1 aliphatic heterocycles. The fraction of sp³-hybridized carbons (Fsp3) is 0.421. The first-order valence-corrected chi connectivity index (χ1v) is 8.89. The molecule has 1 saturated heterocycles. The molecular weight excluding hydrogens is 333 g/mol. The van der Waals surface area contributed by atoms with Crippen LogP contribution in [0.4, 0.5) is 15.9 Å². The molecule has 1 aromatic heterocycles. The lowest BCUT2D eigenvalue weighted by molar-refractivity contribution is 0.0740. The van der Waals surface area contributed by atoms with E-state index in [-0.39, 0.29) is 11.7 Å². The van der Waals surface area contributed by atoms with Gasteiger partial charge in [-0.2, -0.15) is 0 Å². The van der Waals surface area contributed by atoms with Crippen molar-refractivity contribution >= 4 is 17.4 Å². The molecule has 0 radical (unpaired) electrons. The Hall–Kier alpha value is -2.70. The van der Waals surface area contributed by atoms with Crippen molar-refractivity contribution in [2.75, 3.05) is 42.9 Å². The minimum absolute atomic E-state index is 0.117. The molecule has 26 heavy (non-hydrogen) atoms. The van der Waals surface area contributed by atoms with E-state index in [1.807, 2.05) is 11.0 Å². The van der Waals surface area contributed by atoms with Gasteiger partial charge in [-0.25, -0.2) is 14.4 Å². The van der Waals surface area contributed by atoms with Crippen LogP contribution in [0.1, 0.15) is 24.3 Å². The maximum absolute atomic E-state index is 13.9. The molecule has 0 atom stereocenters. The van der Waals surface area contributed by atoms with Gasteiger partial charge in [0, 0.05) is 38.8 Å². The lowest BCUT2D eigenvalue weighted by Gasteiger charge is -2.36. The Morgan fingerprint density at radius 1 is 1.19 bits per heavy atom. The van der Waals surface area contributed by atoms with Crippen LogP contribution >= 0.6 is 0 Å². The van der Waals surface area contributed by atoms with Gasteiger partial charge in [-0.3, -0.25) is 4.79 Å². The van der Waals surface area contributed by atoms with Crippen LogP contribution < -0.4 is 10.2 Å². The van der Waals surface area contributed by atoms with Gasteiger partial charge in [0.05, 0.1) is 5.69 Å². The lowest BCUT2D eigenvalue weighted by Crippen LogP contribution is -2.49. The second kappa shape index (κ2) is 8.12. The van der Waals surface area contributed by atoms with E-state index in [0.717, 1.165) is 6.54 Å². The number of piperazine rings is 1. The average Bonchev–Trinajstić information content (AvgIpc) is 2.66. The summed E-state index contributed by atoms with van der Waals surface area (Å²) in [6.45, 7) is 7.25. The van der Waals surface area contributed by atoms with E-state index < -0.39 is 0 Å². The Bertz CT molecular complexity index is 759. The maximum Gasteiger partial charge on any atom is 0.272 e. The molecule has 0 aliphatic carbocycles. The van der Waals surface area contributed by atoms with Crippen LogP contribution in [0.15, 0.2) is 36.7 Å². The monoisotopic (exact) mass is 357 g/mol. The molecule has 1 N–H and O–H groups in total. The zero-order valence-electron chi connectivity index (χ0n) is 15.2. The number of hydrogen-bond donors (Lipinski definition) is 1. The number of aromatic nitrogens is 2. The van der Waals surface area contributed by atoms with Crippen LogP contribution in [0.5, 0.6) is 0 Å². The highest BCUT2D eigenvalue weighted by Crippen LogP contribution is 2.20. The fourth-order valence-electron chi connectivity index (χ4n) is 2.90. The zero-order chi connectivity index (χ0) is 18.5. The van der Waals surface area contributed by atoms with Crippen molar-refractivity contribution in [1.29, 1.82) is 0 Å². The van der Waals surface area contributed by atoms with Crippen LogP contribution in [0.3, 0.4) is 0 Å². The lowest BCUT2D eigenvalue weighted by atomic mass is 10.2. The first-order chi connectivity index (χ1) is 12.5. The van der Waals surface area contributed by atoms with Crippen LogP contribution in [0.2, 0.25) is 0 Å². The van der Waals surface area contributed by atoms with Gasteiger partial charge in [-0.05, 0) is 18.1 Å². The van der Waals surface area contributed by atoms with Crippen LogP contribution in [-0.2, 0) is 0 Å². The van der Waals surface area contributed by atoms with Gasteiger partial charge in [0.25, 0.3) is 5.91 Å². The second-order valence-electron chi connectivity index (χ2n) is 6.79. The second-order valence-corrected chi connectivity index (χ2v) is 6.79. The van der Waals surface area contributed by atoms with Gasteiger partial charge in [0.15, 0.2) is 0 Å². The Labute approximate surface area is 153 Å². The third kappa shape index (κ3) is 4.28. The van der Waals surface area contributed by atoms with Crippen molar-refractivity contribution in [2.45, 2.75) is 13.8 Å². The van der Waals surface area contributed by atoms with E-state index in [1.54, 1.807) is 23.1 Å². The van der Waals surface area contributed by atoms with E-state index in [2.05, 4.69) is 29.1 Å². The Morgan fingerprint density at radius 3 is 2.62 bits per heavy atom. The number of para-hydroxylation sites is 1. The molecule has 1 amide bonds. The number of nitrogens with one attached hydrogen (secondary N) is 1. The van der Waals surface area contributed by atoms with E-state index in [0.29, 0.717) is 49.3 Å². The molecule has 0 spiro atoms. The number of carbonyl (C=O) groups is 1. The summed E-state index contributed by atoms with van der Waals surface area (Å²) in [5, 5.41) is 3.21. The summed E-state index contributed by atoms with van der Waals surface area (Å²) in [7, 11) is 0. The van der Waals surface area contributed by atoms with Crippen molar-refractivity contribution in [3.05, 3.63) is 48.2 Å². The first-order valence-electron chi connectivity index (χ1n) is 8.89. The van der Waals surface area contributed by atoms with Crippen molar-refractivity contribution in [3.8, 4) is 0 Å². The molecule has 3 rings (SSSR count). The van der Waals surface area contributed by atoms with Gasteiger partial charge in [0.1, 0.15) is 23.7 Å². The van der Waals surface area contributed by atoms with Gasteiger partial charge in [-0.1, -0.05) is 26.0 Å². The number of halogens is 1. The molecular formula is C19H24FN5O. The Morgan fingerprint density at radius 2 is 1.92 bits per heavy atom. The van der Waals surface area contributed by atoms with E-state index in [1.165, 1.54) is 12.4 Å². The maximum atomic E-state index is 13.9. The molecule has 1 fully saturated rings. The van der Waals surface area contributed by atoms with Crippen LogP contribution in [0.25, 0.3) is 0 Å². The highest BCUT2D eigenvalue weighted by molar-refractivity contribution is 5.93. The first kappa shape index (κ1) is 18.1. The van der Waals surface area contributed by atoms with Crippen molar-refractivity contribution in [2.24, 2.45) is 5.92 Å². The molecule has 2 aromatic rings. The van der Waals surface area contributed by atoms with Gasteiger partial charge in [0.2, 0.25) is 0 Å². The molecule has 0 bridgehead atoms. The highest BCUT2D eigenvalue weighted by atomic mass is 19.1. The quantitative estimate of drug-likeness (QED) is 0.891. The number of carbonyl (C=O) groups excluding carboxylic acids is 1. The minimum Gasteiger partial charge on any atom is -0.370 e. The number of benzene rings is 1. The summed E-state index contributed by atoms with van der Waals surface area (Å²) in [5.74, 6) is 0.787. The molecule has 0 saturated carbocycles. The number of amides is 1. The molecule has 7 heteroatoms. The molecule has 6 nitrogen and oxygen atoms in total. The minimum atomic E-state index is -0.232. The fourth-order valence-corrected chi connectivity index (χ4v) is 2.90. The molecule has 2 heterocycles. The van der Waals surface area contributed by atoms with Gasteiger partial charge >= 0.3 is 0 Å². The van der Waals surface area contributed by atoms with Crippen LogP contribution in [0, 0.1) is 11.7 Å². The summed E-state index contributed by atoms with van der Waals surface area (Å²) in [4.78, 5) is 24.7. The highest BCUT2D eigenvalue weighted by Gasteiger charge is 2.24. The summed E-state index contributed by atoms with van der Waals surface area (Å²) < 4.78 is 13.9. The van der Waals surface area contributed by atoms with E-state index in [9.17, 15) is 9.18 Å². The SMILES string of the molecule is CC(C)CNc1cc(C(=O)N2CCN(c3ccccc3F)CC2)ncn1. The summed E-state index contributed by atoms with van der Waals surface area (Å²) in [6, 6.07) is 8.42. The van der Waals surface area contributed by atoms with Gasteiger partial charge < -0.3 is 15.1 Å². The van der Waals surface area contributed by atoms with Crippen LogP contribution in [-0.4, -0.2) is 53.5 Å². The van der Waals surface area contributed by atoms with E-state index in [4.69, 9.17) is 0 Å². The predicted octanol–water partition coefficient (Wildman–Crippen LogP) is 2.65. The predicted molar refractivity (Wildman–Crippen MR) is 99.9 cm³/mol. The van der Waals surface area contributed by atoms with Crippen molar-refractivity contribution in [3.63, 3.8) is 0 Å². The zero-order valence-corrected chi connectivity index (χ0v) is 15.2. The average molecular weight is 357 g/mol. The third-order valence-corrected chi connectivity index (χ3v) is 4.34. The molecule has 1 aromatic carbocycles. The Balaban J connectivity index is 1.62. The largest absolute Gasteiger partial charge is 0.370 e. The number of anilines is 2. The molecule has 138 valence electrons. The number of hydrogen-bond acceptors (Lipinski definition) is 5. The summed E-state index contributed by atoms with van der Waals surface area (Å²) >= 11 is 0. The van der Waals surface area contributed by atoms with Gasteiger partial charge in [-0.15, -0.1) is 0 Å². The normalized spacial score (nSPS) is 14.6. The Kier molecular flexibility index (Phi) is 5.65. The van der Waals surface area contributed by atoms with Crippen molar-refractivity contribution < 1.29 is 9.18 Å². The van der Waals surface area contributed by atoms with Crippen molar-refractivity contribution in [1.82, 2.24) is 14.9 Å². The number of nitrogens with zero attached hydrogens (tertiary/aromatic N) is 4.